The molecule has 0 aliphatic carbocycles. The SMILES string of the molecule is CCOc1cc(C=C(C#N)c2nc(-c3ccc(C)cc3)c(NC(C)=O)s2)ccc1O. The highest BCUT2D eigenvalue weighted by molar-refractivity contribution is 7.17. The van der Waals surface area contributed by atoms with E-state index in [9.17, 15) is 15.2 Å². The third-order valence-electron chi connectivity index (χ3n) is 4.19. The average Bonchev–Trinajstić information content (AvgIpc) is 3.12. The molecule has 30 heavy (non-hydrogen) atoms. The number of hydrogen-bond acceptors (Lipinski definition) is 6. The molecular formula is C23H21N3O3S. The topological polar surface area (TPSA) is 95.2 Å². The number of benzene rings is 2. The molecule has 0 saturated carbocycles. The highest BCUT2D eigenvalue weighted by Gasteiger charge is 2.17. The number of nitrogens with zero attached hydrogens (tertiary/aromatic N) is 2. The molecule has 0 fully saturated rings. The van der Waals surface area contributed by atoms with Crippen LogP contribution in [-0.2, 0) is 4.79 Å². The van der Waals surface area contributed by atoms with E-state index in [2.05, 4.69) is 16.4 Å². The van der Waals surface area contributed by atoms with Crippen LogP contribution in [0.1, 0.15) is 30.0 Å². The van der Waals surface area contributed by atoms with Crippen molar-refractivity contribution in [2.45, 2.75) is 20.8 Å². The lowest BCUT2D eigenvalue weighted by atomic mass is 10.1. The van der Waals surface area contributed by atoms with Crippen LogP contribution in [0.15, 0.2) is 42.5 Å². The molecule has 6 nitrogen and oxygen atoms in total. The van der Waals surface area contributed by atoms with Crippen molar-refractivity contribution >= 4 is 33.9 Å². The van der Waals surface area contributed by atoms with E-state index >= 15 is 0 Å². The van der Waals surface area contributed by atoms with Crippen LogP contribution in [0.5, 0.6) is 11.5 Å². The molecule has 0 bridgehead atoms. The first-order valence-corrected chi connectivity index (χ1v) is 10.2. The zero-order valence-electron chi connectivity index (χ0n) is 16.9. The Morgan fingerprint density at radius 1 is 1.30 bits per heavy atom. The summed E-state index contributed by atoms with van der Waals surface area (Å²) in [6.07, 6.45) is 1.68. The van der Waals surface area contributed by atoms with Crippen molar-refractivity contribution in [3.8, 4) is 28.8 Å². The van der Waals surface area contributed by atoms with E-state index in [1.165, 1.54) is 24.3 Å². The fraction of sp³-hybridized carbons (Fsp3) is 0.174. The summed E-state index contributed by atoms with van der Waals surface area (Å²) in [5, 5.41) is 23.5. The lowest BCUT2D eigenvalue weighted by Gasteiger charge is -2.06. The smallest absolute Gasteiger partial charge is 0.221 e. The molecule has 1 heterocycles. The molecule has 2 aromatic carbocycles. The first kappa shape index (κ1) is 21.1. The van der Waals surface area contributed by atoms with Gasteiger partial charge in [-0.25, -0.2) is 4.98 Å². The van der Waals surface area contributed by atoms with Gasteiger partial charge in [0.25, 0.3) is 0 Å². The van der Waals surface area contributed by atoms with Crippen molar-refractivity contribution in [1.29, 1.82) is 5.26 Å². The predicted molar refractivity (Wildman–Crippen MR) is 119 cm³/mol. The van der Waals surface area contributed by atoms with Crippen molar-refractivity contribution in [1.82, 2.24) is 4.98 Å². The fourth-order valence-corrected chi connectivity index (χ4v) is 3.79. The van der Waals surface area contributed by atoms with Gasteiger partial charge in [-0.05, 0) is 37.6 Å². The summed E-state index contributed by atoms with van der Waals surface area (Å²) in [6.45, 7) is 5.67. The molecule has 0 unspecified atom stereocenters. The van der Waals surface area contributed by atoms with Crippen molar-refractivity contribution in [2.75, 3.05) is 11.9 Å². The number of phenolic OH excluding ortho intramolecular Hbond substituents is 1. The second-order valence-corrected chi connectivity index (χ2v) is 7.57. The molecule has 1 amide bonds. The second kappa shape index (κ2) is 9.25. The van der Waals surface area contributed by atoms with Gasteiger partial charge in [-0.3, -0.25) is 4.79 Å². The molecule has 3 rings (SSSR count). The summed E-state index contributed by atoms with van der Waals surface area (Å²) in [5.41, 5.74) is 3.63. The van der Waals surface area contributed by atoms with Crippen molar-refractivity contribution in [3.63, 3.8) is 0 Å². The van der Waals surface area contributed by atoms with Gasteiger partial charge in [0, 0.05) is 12.5 Å². The minimum Gasteiger partial charge on any atom is -0.504 e. The number of rotatable bonds is 6. The molecule has 0 spiro atoms. The Morgan fingerprint density at radius 2 is 2.03 bits per heavy atom. The minimum absolute atomic E-state index is 0.0383. The molecule has 0 saturated heterocycles. The van der Waals surface area contributed by atoms with Gasteiger partial charge in [0.1, 0.15) is 21.8 Å². The molecule has 0 aliphatic rings. The minimum atomic E-state index is -0.207. The van der Waals surface area contributed by atoms with E-state index in [0.717, 1.165) is 11.1 Å². The third-order valence-corrected chi connectivity index (χ3v) is 5.19. The van der Waals surface area contributed by atoms with Gasteiger partial charge in [-0.2, -0.15) is 5.26 Å². The lowest BCUT2D eigenvalue weighted by Crippen LogP contribution is -2.05. The predicted octanol–water partition coefficient (Wildman–Crippen LogP) is 5.25. The number of thiazole rings is 1. The van der Waals surface area contributed by atoms with E-state index < -0.39 is 0 Å². The number of aromatic hydroxyl groups is 1. The molecule has 0 radical (unpaired) electrons. The monoisotopic (exact) mass is 419 g/mol. The Morgan fingerprint density at radius 3 is 2.67 bits per heavy atom. The summed E-state index contributed by atoms with van der Waals surface area (Å²) in [6, 6.07) is 14.9. The first-order chi connectivity index (χ1) is 14.4. The van der Waals surface area contributed by atoms with E-state index in [1.807, 2.05) is 38.1 Å². The average molecular weight is 420 g/mol. The van der Waals surface area contributed by atoms with Gasteiger partial charge >= 0.3 is 0 Å². The fourth-order valence-electron chi connectivity index (χ4n) is 2.79. The Kier molecular flexibility index (Phi) is 6.50. The zero-order valence-corrected chi connectivity index (χ0v) is 17.7. The van der Waals surface area contributed by atoms with Gasteiger partial charge < -0.3 is 15.2 Å². The molecule has 3 aromatic rings. The van der Waals surface area contributed by atoms with Crippen LogP contribution in [0.3, 0.4) is 0 Å². The van der Waals surface area contributed by atoms with Gasteiger partial charge in [0.2, 0.25) is 5.91 Å². The number of phenols is 1. The van der Waals surface area contributed by atoms with E-state index in [0.29, 0.717) is 39.2 Å². The summed E-state index contributed by atoms with van der Waals surface area (Å²) >= 11 is 1.24. The molecule has 1 aromatic heterocycles. The van der Waals surface area contributed by atoms with Crippen molar-refractivity contribution in [3.05, 3.63) is 58.6 Å². The maximum atomic E-state index is 11.7. The van der Waals surface area contributed by atoms with Crippen LogP contribution in [0.25, 0.3) is 22.9 Å². The van der Waals surface area contributed by atoms with E-state index in [4.69, 9.17) is 4.74 Å². The maximum Gasteiger partial charge on any atom is 0.221 e. The van der Waals surface area contributed by atoms with Crippen molar-refractivity contribution < 1.29 is 14.6 Å². The number of nitrogens with one attached hydrogen (secondary N) is 1. The lowest BCUT2D eigenvalue weighted by molar-refractivity contribution is -0.114. The van der Waals surface area contributed by atoms with Gasteiger partial charge in [0.15, 0.2) is 11.5 Å². The largest absolute Gasteiger partial charge is 0.504 e. The number of carbonyl (C=O) groups is 1. The summed E-state index contributed by atoms with van der Waals surface area (Å²) in [4.78, 5) is 16.3. The molecule has 2 N–H and O–H groups in total. The van der Waals surface area contributed by atoms with Gasteiger partial charge in [0.05, 0.1) is 12.2 Å². The normalized spacial score (nSPS) is 11.1. The molecule has 7 heteroatoms. The summed E-state index contributed by atoms with van der Waals surface area (Å²) in [5.74, 6) is 0.180. The van der Waals surface area contributed by atoms with Crippen LogP contribution >= 0.6 is 11.3 Å². The zero-order chi connectivity index (χ0) is 21.7. The number of anilines is 1. The van der Waals surface area contributed by atoms with Crippen LogP contribution in [0.4, 0.5) is 5.00 Å². The van der Waals surface area contributed by atoms with Gasteiger partial charge in [-0.1, -0.05) is 47.2 Å². The van der Waals surface area contributed by atoms with E-state index in [-0.39, 0.29) is 11.7 Å². The highest BCUT2D eigenvalue weighted by Crippen LogP contribution is 2.37. The van der Waals surface area contributed by atoms with Crippen LogP contribution in [0, 0.1) is 18.3 Å². The Labute approximate surface area is 179 Å². The first-order valence-electron chi connectivity index (χ1n) is 9.34. The third kappa shape index (κ3) is 4.85. The quantitative estimate of drug-likeness (QED) is 0.532. The second-order valence-electron chi connectivity index (χ2n) is 6.57. The van der Waals surface area contributed by atoms with E-state index in [1.54, 1.807) is 18.2 Å². The van der Waals surface area contributed by atoms with Crippen LogP contribution in [-0.4, -0.2) is 22.6 Å². The Balaban J connectivity index is 2.05. The highest BCUT2D eigenvalue weighted by atomic mass is 32.1. The molecular weight excluding hydrogens is 398 g/mol. The summed E-state index contributed by atoms with van der Waals surface area (Å²) < 4.78 is 5.41. The molecule has 0 atom stereocenters. The van der Waals surface area contributed by atoms with Gasteiger partial charge in [-0.15, -0.1) is 0 Å². The summed E-state index contributed by atoms with van der Waals surface area (Å²) in [7, 11) is 0. The van der Waals surface area contributed by atoms with Crippen molar-refractivity contribution in [2.24, 2.45) is 0 Å². The number of amides is 1. The number of aromatic nitrogens is 1. The maximum absolute atomic E-state index is 11.7. The number of carbonyl (C=O) groups excluding carboxylic acids is 1. The Bertz CT molecular complexity index is 1140. The Hall–Kier alpha value is -3.63. The number of nitriles is 1. The number of allylic oxidation sites excluding steroid dienone is 1. The number of aryl methyl sites for hydroxylation is 1. The standard InChI is InChI=1S/C23H21N3O3S/c1-4-29-20-12-16(7-10-19(20)28)11-18(13-24)22-26-21(23(30-22)25-15(3)27)17-8-5-14(2)6-9-17/h5-12,28H,4H2,1-3H3,(H,25,27). The van der Waals surface area contributed by atoms with Crippen LogP contribution in [0.2, 0.25) is 0 Å². The molecule has 0 aliphatic heterocycles. The number of ether oxygens (including phenoxy) is 1. The van der Waals surface area contributed by atoms with Crippen LogP contribution < -0.4 is 10.1 Å². The number of hydrogen-bond donors (Lipinski definition) is 2. The molecule has 152 valence electrons.